The molecule has 2 nitrogen and oxygen atoms in total. The number of benzene rings is 1. The van der Waals surface area contributed by atoms with Gasteiger partial charge in [-0.1, -0.05) is 19.3 Å². The Morgan fingerprint density at radius 2 is 2.00 bits per heavy atom. The Bertz CT molecular complexity index is 372. The molecule has 94 valence electrons. The van der Waals surface area contributed by atoms with Gasteiger partial charge in [-0.25, -0.2) is 0 Å². The third-order valence-electron chi connectivity index (χ3n) is 3.73. The van der Waals surface area contributed by atoms with Crippen molar-refractivity contribution >= 4 is 34.0 Å². The van der Waals surface area contributed by atoms with E-state index in [-0.39, 0.29) is 0 Å². The summed E-state index contributed by atoms with van der Waals surface area (Å²) in [7, 11) is 0. The average Bonchev–Trinajstić information content (AvgIpc) is 2.34. The van der Waals surface area contributed by atoms with Crippen LogP contribution in [-0.4, -0.2) is 6.04 Å². The van der Waals surface area contributed by atoms with Gasteiger partial charge < -0.3 is 11.1 Å². The van der Waals surface area contributed by atoms with Crippen molar-refractivity contribution in [3.63, 3.8) is 0 Å². The molecule has 0 heterocycles. The Hall–Kier alpha value is -0.450. The topological polar surface area (TPSA) is 38.0 Å². The van der Waals surface area contributed by atoms with Crippen molar-refractivity contribution in [3.8, 4) is 0 Å². The lowest BCUT2D eigenvalue weighted by molar-refractivity contribution is 0.328. The van der Waals surface area contributed by atoms with Gasteiger partial charge in [-0.2, -0.15) is 0 Å². The molecule has 1 fully saturated rings. The first-order chi connectivity index (χ1) is 8.16. The molecule has 1 atom stereocenters. The maximum atomic E-state index is 5.77. The Balaban J connectivity index is 1.99. The molecule has 1 aliphatic rings. The van der Waals surface area contributed by atoms with E-state index < -0.39 is 0 Å². The molecule has 2 rings (SSSR count). The van der Waals surface area contributed by atoms with E-state index in [4.69, 9.17) is 5.73 Å². The van der Waals surface area contributed by atoms with Gasteiger partial charge in [-0.05, 0) is 66.5 Å². The Morgan fingerprint density at radius 1 is 1.29 bits per heavy atom. The summed E-state index contributed by atoms with van der Waals surface area (Å²) in [6.07, 6.45) is 6.97. The van der Waals surface area contributed by atoms with E-state index in [1.165, 1.54) is 41.4 Å². The van der Waals surface area contributed by atoms with Crippen LogP contribution in [0.15, 0.2) is 18.2 Å². The van der Waals surface area contributed by atoms with Gasteiger partial charge in [0.05, 0.1) is 0 Å². The summed E-state index contributed by atoms with van der Waals surface area (Å²) in [6, 6.07) is 6.65. The van der Waals surface area contributed by atoms with Gasteiger partial charge in [0.1, 0.15) is 0 Å². The SMILES string of the molecule is CC(Nc1ccc(N)cc1I)C1CCCCC1. The smallest absolute Gasteiger partial charge is 0.0479 e. The van der Waals surface area contributed by atoms with E-state index >= 15 is 0 Å². The number of nitrogen functional groups attached to an aromatic ring is 1. The Morgan fingerprint density at radius 3 is 2.65 bits per heavy atom. The van der Waals surface area contributed by atoms with Crippen molar-refractivity contribution in [1.29, 1.82) is 0 Å². The quantitative estimate of drug-likeness (QED) is 0.635. The highest BCUT2D eigenvalue weighted by Gasteiger charge is 2.20. The van der Waals surface area contributed by atoms with Crippen molar-refractivity contribution in [1.82, 2.24) is 0 Å². The third kappa shape index (κ3) is 3.50. The first-order valence-corrected chi connectivity index (χ1v) is 7.56. The molecule has 0 amide bonds. The second kappa shape index (κ2) is 5.94. The maximum absolute atomic E-state index is 5.77. The zero-order chi connectivity index (χ0) is 12.3. The predicted octanol–water partition coefficient (Wildman–Crippen LogP) is 4.25. The van der Waals surface area contributed by atoms with Crippen LogP contribution in [-0.2, 0) is 0 Å². The number of hydrogen-bond acceptors (Lipinski definition) is 2. The number of rotatable bonds is 3. The maximum Gasteiger partial charge on any atom is 0.0479 e. The van der Waals surface area contributed by atoms with E-state index in [0.717, 1.165) is 11.6 Å². The average molecular weight is 344 g/mol. The molecule has 0 aliphatic heterocycles. The molecule has 0 spiro atoms. The fourth-order valence-electron chi connectivity index (χ4n) is 2.65. The van der Waals surface area contributed by atoms with Crippen molar-refractivity contribution in [3.05, 3.63) is 21.8 Å². The minimum Gasteiger partial charge on any atom is -0.399 e. The van der Waals surface area contributed by atoms with Crippen molar-refractivity contribution in [2.24, 2.45) is 5.92 Å². The van der Waals surface area contributed by atoms with Crippen molar-refractivity contribution in [2.45, 2.75) is 45.1 Å². The monoisotopic (exact) mass is 344 g/mol. The second-order valence-corrected chi connectivity index (χ2v) is 6.23. The summed E-state index contributed by atoms with van der Waals surface area (Å²) in [4.78, 5) is 0. The molecule has 1 saturated carbocycles. The molecular formula is C14H21IN2. The first kappa shape index (κ1) is 13.0. The van der Waals surface area contributed by atoms with Gasteiger partial charge in [0.15, 0.2) is 0 Å². The summed E-state index contributed by atoms with van der Waals surface area (Å²) in [5, 5.41) is 3.64. The number of nitrogens with one attached hydrogen (secondary N) is 1. The van der Waals surface area contributed by atoms with Gasteiger partial charge in [0.2, 0.25) is 0 Å². The predicted molar refractivity (Wildman–Crippen MR) is 83.2 cm³/mol. The molecule has 0 bridgehead atoms. The molecule has 0 aromatic heterocycles. The molecule has 17 heavy (non-hydrogen) atoms. The van der Waals surface area contributed by atoms with Crippen LogP contribution >= 0.6 is 22.6 Å². The first-order valence-electron chi connectivity index (χ1n) is 6.48. The van der Waals surface area contributed by atoms with E-state index in [2.05, 4.69) is 40.9 Å². The highest BCUT2D eigenvalue weighted by Crippen LogP contribution is 2.29. The summed E-state index contributed by atoms with van der Waals surface area (Å²) >= 11 is 2.35. The molecule has 1 aliphatic carbocycles. The van der Waals surface area contributed by atoms with Gasteiger partial charge in [-0.3, -0.25) is 0 Å². The highest BCUT2D eigenvalue weighted by atomic mass is 127. The zero-order valence-corrected chi connectivity index (χ0v) is 12.5. The summed E-state index contributed by atoms with van der Waals surface area (Å²) in [5.74, 6) is 0.831. The minimum atomic E-state index is 0.562. The van der Waals surface area contributed by atoms with Gasteiger partial charge in [0.25, 0.3) is 0 Å². The highest BCUT2D eigenvalue weighted by molar-refractivity contribution is 14.1. The zero-order valence-electron chi connectivity index (χ0n) is 10.4. The van der Waals surface area contributed by atoms with Gasteiger partial charge >= 0.3 is 0 Å². The summed E-state index contributed by atoms with van der Waals surface area (Å²) in [5.41, 5.74) is 7.83. The Kier molecular flexibility index (Phi) is 4.54. The lowest BCUT2D eigenvalue weighted by atomic mass is 9.84. The van der Waals surface area contributed by atoms with Crippen LogP contribution in [0.2, 0.25) is 0 Å². The second-order valence-electron chi connectivity index (χ2n) is 5.07. The molecule has 3 N–H and O–H groups in total. The van der Waals surface area contributed by atoms with Crippen LogP contribution in [0.5, 0.6) is 0 Å². The number of anilines is 2. The molecule has 1 aromatic rings. The fourth-order valence-corrected chi connectivity index (χ4v) is 3.34. The Labute approximate surface area is 117 Å². The lowest BCUT2D eigenvalue weighted by Gasteiger charge is -2.29. The normalized spacial score (nSPS) is 18.9. The van der Waals surface area contributed by atoms with E-state index in [0.29, 0.717) is 6.04 Å². The van der Waals surface area contributed by atoms with E-state index in [1.54, 1.807) is 0 Å². The number of halogens is 1. The third-order valence-corrected chi connectivity index (χ3v) is 4.63. The van der Waals surface area contributed by atoms with Gasteiger partial charge in [-0.15, -0.1) is 0 Å². The molecule has 0 radical (unpaired) electrons. The molecule has 1 aromatic carbocycles. The molecule has 3 heteroatoms. The standard InChI is InChI=1S/C14H21IN2/c1-10(11-5-3-2-4-6-11)17-14-8-7-12(16)9-13(14)15/h7-11,17H,2-6,16H2,1H3. The molecular weight excluding hydrogens is 323 g/mol. The van der Waals surface area contributed by atoms with Crippen LogP contribution in [0, 0.1) is 9.49 Å². The number of hydrogen-bond donors (Lipinski definition) is 2. The largest absolute Gasteiger partial charge is 0.399 e. The van der Waals surface area contributed by atoms with E-state index in [1.807, 2.05) is 12.1 Å². The summed E-state index contributed by atoms with van der Waals surface area (Å²) in [6.45, 7) is 2.31. The summed E-state index contributed by atoms with van der Waals surface area (Å²) < 4.78 is 1.21. The van der Waals surface area contributed by atoms with Gasteiger partial charge in [0, 0.05) is 21.0 Å². The minimum absolute atomic E-state index is 0.562. The molecule has 0 saturated heterocycles. The lowest BCUT2D eigenvalue weighted by Crippen LogP contribution is -2.28. The van der Waals surface area contributed by atoms with Crippen LogP contribution in [0.1, 0.15) is 39.0 Å². The van der Waals surface area contributed by atoms with Crippen molar-refractivity contribution < 1.29 is 0 Å². The van der Waals surface area contributed by atoms with Crippen molar-refractivity contribution in [2.75, 3.05) is 11.1 Å². The van der Waals surface area contributed by atoms with Crippen LogP contribution < -0.4 is 11.1 Å². The van der Waals surface area contributed by atoms with Crippen LogP contribution in [0.3, 0.4) is 0 Å². The fraction of sp³-hybridized carbons (Fsp3) is 0.571. The van der Waals surface area contributed by atoms with Crippen LogP contribution in [0.4, 0.5) is 11.4 Å². The van der Waals surface area contributed by atoms with Crippen LogP contribution in [0.25, 0.3) is 0 Å². The van der Waals surface area contributed by atoms with E-state index in [9.17, 15) is 0 Å². The number of nitrogens with two attached hydrogens (primary N) is 1. The molecule has 1 unspecified atom stereocenters.